The van der Waals surface area contributed by atoms with Gasteiger partial charge < -0.3 is 14.8 Å². The van der Waals surface area contributed by atoms with Crippen molar-refractivity contribution in [2.45, 2.75) is 72.1 Å². The molecule has 1 N–H and O–H groups in total. The van der Waals surface area contributed by atoms with Crippen LogP contribution in [0.4, 0.5) is 0 Å². The van der Waals surface area contributed by atoms with Crippen molar-refractivity contribution in [3.05, 3.63) is 58.7 Å². The van der Waals surface area contributed by atoms with E-state index in [0.717, 1.165) is 40.2 Å². The highest BCUT2D eigenvalue weighted by Gasteiger charge is 2.35. The van der Waals surface area contributed by atoms with Crippen molar-refractivity contribution in [1.82, 2.24) is 5.32 Å². The first-order chi connectivity index (χ1) is 13.2. The van der Waals surface area contributed by atoms with Crippen molar-refractivity contribution in [1.29, 1.82) is 0 Å². The summed E-state index contributed by atoms with van der Waals surface area (Å²) in [6.07, 6.45) is 0.793. The predicted octanol–water partition coefficient (Wildman–Crippen LogP) is 5.19. The molecule has 150 valence electrons. The monoisotopic (exact) mass is 381 g/mol. The molecule has 1 aliphatic rings. The van der Waals surface area contributed by atoms with Crippen molar-refractivity contribution in [2.75, 3.05) is 0 Å². The number of fused-ring (bicyclic) bond motifs is 1. The number of hydrogen-bond acceptors (Lipinski definition) is 3. The highest BCUT2D eigenvalue weighted by atomic mass is 16.5. The number of hydrogen-bond donors (Lipinski definition) is 1. The summed E-state index contributed by atoms with van der Waals surface area (Å²) in [5, 5.41) is 3.21. The van der Waals surface area contributed by atoms with Crippen LogP contribution in [0.3, 0.4) is 0 Å². The number of rotatable bonds is 5. The molecule has 0 saturated carbocycles. The summed E-state index contributed by atoms with van der Waals surface area (Å²) < 4.78 is 12.2. The fraction of sp³-hybridized carbons (Fsp3) is 0.458. The molecule has 0 bridgehead atoms. The second-order valence-electron chi connectivity index (χ2n) is 8.51. The molecular weight excluding hydrogens is 350 g/mol. The second-order valence-corrected chi connectivity index (χ2v) is 8.51. The third-order valence-corrected chi connectivity index (χ3v) is 5.08. The summed E-state index contributed by atoms with van der Waals surface area (Å²) in [4.78, 5) is 13.0. The molecule has 1 amide bonds. The van der Waals surface area contributed by atoms with Gasteiger partial charge in [-0.2, -0.15) is 0 Å². The molecule has 0 aromatic heterocycles. The largest absolute Gasteiger partial charge is 0.487 e. The lowest BCUT2D eigenvalue weighted by Gasteiger charge is -2.38. The average Bonchev–Trinajstić information content (AvgIpc) is 2.58. The summed E-state index contributed by atoms with van der Waals surface area (Å²) in [5.41, 5.74) is 4.10. The number of carbonyl (C=O) groups excluding carboxylic acids is 1. The zero-order valence-electron chi connectivity index (χ0n) is 17.8. The van der Waals surface area contributed by atoms with Crippen molar-refractivity contribution in [2.24, 2.45) is 0 Å². The quantitative estimate of drug-likeness (QED) is 0.775. The van der Waals surface area contributed by atoms with E-state index in [-0.39, 0.29) is 17.6 Å². The van der Waals surface area contributed by atoms with Gasteiger partial charge in [-0.25, -0.2) is 0 Å². The van der Waals surface area contributed by atoms with Crippen molar-refractivity contribution in [3.8, 4) is 11.5 Å². The summed E-state index contributed by atoms with van der Waals surface area (Å²) in [5.74, 6) is 1.50. The maximum atomic E-state index is 13.0. The fourth-order valence-electron chi connectivity index (χ4n) is 3.85. The van der Waals surface area contributed by atoms with E-state index in [9.17, 15) is 4.79 Å². The Morgan fingerprint density at radius 1 is 1.14 bits per heavy atom. The SMILES string of the molecule is CC[C@H](Oc1cc(C)cc(C)c1)C(=O)N[C@H]1CC(C)(C)Oc2ccc(C)cc21. The van der Waals surface area contributed by atoms with E-state index in [1.54, 1.807) is 0 Å². The van der Waals surface area contributed by atoms with Crippen molar-refractivity contribution in [3.63, 3.8) is 0 Å². The van der Waals surface area contributed by atoms with E-state index < -0.39 is 6.10 Å². The van der Waals surface area contributed by atoms with E-state index in [1.807, 2.05) is 45.0 Å². The van der Waals surface area contributed by atoms with E-state index in [4.69, 9.17) is 9.47 Å². The van der Waals surface area contributed by atoms with E-state index >= 15 is 0 Å². The number of ether oxygens (including phenoxy) is 2. The minimum Gasteiger partial charge on any atom is -0.487 e. The zero-order chi connectivity index (χ0) is 20.5. The van der Waals surface area contributed by atoms with Crippen LogP contribution in [0.15, 0.2) is 36.4 Å². The standard InChI is InChI=1S/C24H31NO3/c1-7-21(27-18-11-16(3)10-17(4)12-18)23(26)25-20-14-24(5,6)28-22-9-8-15(2)13-19(20)22/h8-13,20-21H,7,14H2,1-6H3,(H,25,26)/t20-,21-/m0/s1. The Balaban J connectivity index is 1.79. The smallest absolute Gasteiger partial charge is 0.261 e. The highest BCUT2D eigenvalue weighted by molar-refractivity contribution is 5.81. The van der Waals surface area contributed by atoms with Gasteiger partial charge in [-0.05, 0) is 70.4 Å². The zero-order valence-corrected chi connectivity index (χ0v) is 17.8. The van der Waals surface area contributed by atoms with Crippen LogP contribution >= 0.6 is 0 Å². The van der Waals surface area contributed by atoms with Gasteiger partial charge in [0.2, 0.25) is 0 Å². The molecule has 0 fully saturated rings. The van der Waals surface area contributed by atoms with Crippen LogP contribution in [-0.4, -0.2) is 17.6 Å². The van der Waals surface area contributed by atoms with Crippen LogP contribution in [-0.2, 0) is 4.79 Å². The van der Waals surface area contributed by atoms with Gasteiger partial charge in [0.1, 0.15) is 17.1 Å². The lowest BCUT2D eigenvalue weighted by molar-refractivity contribution is -0.129. The summed E-state index contributed by atoms with van der Waals surface area (Å²) in [6.45, 7) is 12.2. The van der Waals surface area contributed by atoms with Gasteiger partial charge in [-0.1, -0.05) is 30.7 Å². The molecule has 0 spiro atoms. The molecule has 1 heterocycles. The first kappa shape index (κ1) is 20.2. The molecule has 3 rings (SSSR count). The number of nitrogens with one attached hydrogen (secondary N) is 1. The van der Waals surface area contributed by atoms with E-state index in [1.165, 1.54) is 0 Å². The fourth-order valence-corrected chi connectivity index (χ4v) is 3.85. The third-order valence-electron chi connectivity index (χ3n) is 5.08. The lowest BCUT2D eigenvalue weighted by atomic mass is 9.88. The molecule has 2 aromatic rings. The Bertz CT molecular complexity index is 852. The minimum absolute atomic E-state index is 0.0863. The molecule has 0 aliphatic carbocycles. The molecule has 2 atom stereocenters. The van der Waals surface area contributed by atoms with E-state index in [0.29, 0.717) is 6.42 Å². The first-order valence-corrected chi connectivity index (χ1v) is 10.0. The first-order valence-electron chi connectivity index (χ1n) is 10.0. The van der Waals surface area contributed by atoms with Crippen LogP contribution in [0.5, 0.6) is 11.5 Å². The van der Waals surface area contributed by atoms with Crippen LogP contribution in [0.25, 0.3) is 0 Å². The summed E-state index contributed by atoms with van der Waals surface area (Å²) in [6, 6.07) is 12.1. The van der Waals surface area contributed by atoms with Crippen LogP contribution < -0.4 is 14.8 Å². The molecule has 0 unspecified atom stereocenters. The molecule has 2 aromatic carbocycles. The molecule has 4 heteroatoms. The van der Waals surface area contributed by atoms with Gasteiger partial charge in [-0.15, -0.1) is 0 Å². The lowest BCUT2D eigenvalue weighted by Crippen LogP contribution is -2.45. The Hall–Kier alpha value is -2.49. The number of aryl methyl sites for hydroxylation is 3. The minimum atomic E-state index is -0.527. The van der Waals surface area contributed by atoms with Crippen LogP contribution in [0.2, 0.25) is 0 Å². The van der Waals surface area contributed by atoms with Crippen molar-refractivity contribution >= 4 is 5.91 Å². The summed E-state index contributed by atoms with van der Waals surface area (Å²) in [7, 11) is 0. The van der Waals surface area contributed by atoms with Gasteiger partial charge in [0, 0.05) is 12.0 Å². The predicted molar refractivity (Wildman–Crippen MR) is 112 cm³/mol. The maximum Gasteiger partial charge on any atom is 0.261 e. The number of carbonyl (C=O) groups is 1. The topological polar surface area (TPSA) is 47.6 Å². The molecule has 1 aliphatic heterocycles. The number of amides is 1. The Morgan fingerprint density at radius 3 is 2.46 bits per heavy atom. The third kappa shape index (κ3) is 4.67. The van der Waals surface area contributed by atoms with E-state index in [2.05, 4.69) is 38.2 Å². The summed E-state index contributed by atoms with van der Waals surface area (Å²) >= 11 is 0. The Labute approximate surface area is 168 Å². The van der Waals surface area contributed by atoms with Gasteiger partial charge >= 0.3 is 0 Å². The molecule has 4 nitrogen and oxygen atoms in total. The number of benzene rings is 2. The molecular formula is C24H31NO3. The molecule has 0 radical (unpaired) electrons. The van der Waals surface area contributed by atoms with Gasteiger partial charge in [0.05, 0.1) is 6.04 Å². The van der Waals surface area contributed by atoms with Gasteiger partial charge in [-0.3, -0.25) is 4.79 Å². The highest BCUT2D eigenvalue weighted by Crippen LogP contribution is 2.40. The maximum absolute atomic E-state index is 13.0. The normalized spacial score (nSPS) is 18.6. The average molecular weight is 382 g/mol. The Morgan fingerprint density at radius 2 is 1.82 bits per heavy atom. The van der Waals surface area contributed by atoms with Crippen LogP contribution in [0.1, 0.15) is 61.9 Å². The van der Waals surface area contributed by atoms with Gasteiger partial charge in [0.25, 0.3) is 5.91 Å². The Kier molecular flexibility index (Phi) is 5.69. The van der Waals surface area contributed by atoms with Crippen molar-refractivity contribution < 1.29 is 14.3 Å². The second kappa shape index (κ2) is 7.86. The molecule has 0 saturated heterocycles. The molecule has 28 heavy (non-hydrogen) atoms. The van der Waals surface area contributed by atoms with Crippen LogP contribution in [0, 0.1) is 20.8 Å². The van der Waals surface area contributed by atoms with Gasteiger partial charge in [0.15, 0.2) is 6.10 Å².